The summed E-state index contributed by atoms with van der Waals surface area (Å²) in [5, 5.41) is 2.92. The molecule has 0 amide bonds. The molecule has 1 saturated carbocycles. The Hall–Kier alpha value is -2.51. The standard InChI is InChI=1S/C19H22F3N3O2/c1-2-10-26-15-9-5-6-13(11-15)24-18-23-12-16(19(20,21)22)17(25-18)27-14-7-3-4-8-14/h5-6,9,11-12,14H,2-4,7-8,10H2,1H3,(H,23,24,25). The number of benzene rings is 1. The Kier molecular flexibility index (Phi) is 6.03. The zero-order valence-corrected chi connectivity index (χ0v) is 15.1. The van der Waals surface area contributed by atoms with Gasteiger partial charge in [-0.1, -0.05) is 13.0 Å². The van der Waals surface area contributed by atoms with Crippen LogP contribution in [-0.4, -0.2) is 22.7 Å². The van der Waals surface area contributed by atoms with Crippen molar-refractivity contribution in [2.75, 3.05) is 11.9 Å². The number of halogens is 3. The largest absolute Gasteiger partial charge is 0.494 e. The molecule has 0 saturated heterocycles. The highest BCUT2D eigenvalue weighted by Gasteiger charge is 2.37. The van der Waals surface area contributed by atoms with Crippen LogP contribution >= 0.6 is 0 Å². The van der Waals surface area contributed by atoms with Crippen LogP contribution in [0.2, 0.25) is 0 Å². The van der Waals surface area contributed by atoms with Crippen molar-refractivity contribution in [3.8, 4) is 11.6 Å². The van der Waals surface area contributed by atoms with E-state index in [1.165, 1.54) is 0 Å². The van der Waals surface area contributed by atoms with Crippen LogP contribution in [0, 0.1) is 0 Å². The first-order valence-electron chi connectivity index (χ1n) is 9.06. The molecular weight excluding hydrogens is 359 g/mol. The molecule has 5 nitrogen and oxygen atoms in total. The van der Waals surface area contributed by atoms with Crippen molar-refractivity contribution in [2.24, 2.45) is 0 Å². The average Bonchev–Trinajstić information content (AvgIpc) is 3.12. The van der Waals surface area contributed by atoms with E-state index in [1.54, 1.807) is 18.2 Å². The van der Waals surface area contributed by atoms with Crippen LogP contribution in [0.25, 0.3) is 0 Å². The first-order valence-corrected chi connectivity index (χ1v) is 9.06. The van der Waals surface area contributed by atoms with E-state index >= 15 is 0 Å². The van der Waals surface area contributed by atoms with Gasteiger partial charge in [0, 0.05) is 18.0 Å². The average molecular weight is 381 g/mol. The van der Waals surface area contributed by atoms with Crippen molar-refractivity contribution < 1.29 is 22.6 Å². The summed E-state index contributed by atoms with van der Waals surface area (Å²) in [5.74, 6) is 0.283. The van der Waals surface area contributed by atoms with Crippen LogP contribution < -0.4 is 14.8 Å². The fourth-order valence-corrected chi connectivity index (χ4v) is 2.89. The second-order valence-electron chi connectivity index (χ2n) is 6.44. The summed E-state index contributed by atoms with van der Waals surface area (Å²) in [7, 11) is 0. The summed E-state index contributed by atoms with van der Waals surface area (Å²) in [4.78, 5) is 7.79. The van der Waals surface area contributed by atoms with Crippen molar-refractivity contribution in [1.82, 2.24) is 9.97 Å². The number of aromatic nitrogens is 2. The van der Waals surface area contributed by atoms with Crippen molar-refractivity contribution in [2.45, 2.75) is 51.3 Å². The third-order valence-corrected chi connectivity index (χ3v) is 4.20. The molecular formula is C19H22F3N3O2. The molecule has 8 heteroatoms. The highest BCUT2D eigenvalue weighted by molar-refractivity contribution is 5.56. The van der Waals surface area contributed by atoms with Gasteiger partial charge in [-0.25, -0.2) is 4.98 Å². The van der Waals surface area contributed by atoms with Gasteiger partial charge in [-0.2, -0.15) is 18.2 Å². The van der Waals surface area contributed by atoms with E-state index in [4.69, 9.17) is 9.47 Å². The Morgan fingerprint density at radius 3 is 2.70 bits per heavy atom. The van der Waals surface area contributed by atoms with E-state index in [2.05, 4.69) is 15.3 Å². The molecule has 1 N–H and O–H groups in total. The number of hydrogen-bond donors (Lipinski definition) is 1. The predicted octanol–water partition coefficient (Wildman–Crippen LogP) is 5.35. The van der Waals surface area contributed by atoms with Gasteiger partial charge in [-0.05, 0) is 44.2 Å². The van der Waals surface area contributed by atoms with Crippen LogP contribution in [0.5, 0.6) is 11.6 Å². The second-order valence-corrected chi connectivity index (χ2v) is 6.44. The number of nitrogens with zero attached hydrogens (tertiary/aromatic N) is 2. The summed E-state index contributed by atoms with van der Waals surface area (Å²) < 4.78 is 50.9. The molecule has 0 radical (unpaired) electrons. The van der Waals surface area contributed by atoms with Gasteiger partial charge >= 0.3 is 6.18 Å². The topological polar surface area (TPSA) is 56.3 Å². The van der Waals surface area contributed by atoms with E-state index in [9.17, 15) is 13.2 Å². The molecule has 0 spiro atoms. The first-order chi connectivity index (χ1) is 13.0. The molecule has 0 aliphatic heterocycles. The Morgan fingerprint density at radius 2 is 2.00 bits per heavy atom. The zero-order valence-electron chi connectivity index (χ0n) is 15.1. The normalized spacial score (nSPS) is 15.0. The van der Waals surface area contributed by atoms with Crippen molar-refractivity contribution in [3.05, 3.63) is 36.0 Å². The van der Waals surface area contributed by atoms with Gasteiger partial charge in [0.1, 0.15) is 17.4 Å². The number of anilines is 2. The molecule has 1 aliphatic carbocycles. The predicted molar refractivity (Wildman–Crippen MR) is 95.4 cm³/mol. The molecule has 1 aromatic heterocycles. The van der Waals surface area contributed by atoms with Gasteiger partial charge in [0.05, 0.1) is 6.61 Å². The van der Waals surface area contributed by atoms with E-state index in [1.807, 2.05) is 13.0 Å². The van der Waals surface area contributed by atoms with Crippen molar-refractivity contribution in [1.29, 1.82) is 0 Å². The van der Waals surface area contributed by atoms with E-state index in [0.717, 1.165) is 38.3 Å². The lowest BCUT2D eigenvalue weighted by Crippen LogP contribution is -2.18. The maximum atomic E-state index is 13.3. The molecule has 1 heterocycles. The highest BCUT2D eigenvalue weighted by atomic mass is 19.4. The van der Waals surface area contributed by atoms with Gasteiger partial charge in [0.25, 0.3) is 0 Å². The number of nitrogens with one attached hydrogen (secondary N) is 1. The Bertz CT molecular complexity index is 762. The quantitative estimate of drug-likeness (QED) is 0.701. The number of alkyl halides is 3. The molecule has 0 bridgehead atoms. The van der Waals surface area contributed by atoms with Gasteiger partial charge in [-0.15, -0.1) is 0 Å². The second kappa shape index (κ2) is 8.45. The summed E-state index contributed by atoms with van der Waals surface area (Å²) in [6, 6.07) is 7.10. The maximum absolute atomic E-state index is 13.3. The SMILES string of the molecule is CCCOc1cccc(Nc2ncc(C(F)(F)F)c(OC3CCCC3)n2)c1. The first kappa shape index (κ1) is 19.3. The van der Waals surface area contributed by atoms with Crippen LogP contribution in [-0.2, 0) is 6.18 Å². The minimum atomic E-state index is -4.57. The van der Waals surface area contributed by atoms with E-state index in [0.29, 0.717) is 18.0 Å². The Labute approximate surface area is 155 Å². The lowest BCUT2D eigenvalue weighted by Gasteiger charge is -2.17. The molecule has 1 aromatic carbocycles. The van der Waals surface area contributed by atoms with Crippen LogP contribution in [0.1, 0.15) is 44.6 Å². The number of rotatable bonds is 7. The fraction of sp³-hybridized carbons (Fsp3) is 0.474. The van der Waals surface area contributed by atoms with Gasteiger partial charge in [-0.3, -0.25) is 0 Å². The maximum Gasteiger partial charge on any atom is 0.423 e. The van der Waals surface area contributed by atoms with Crippen molar-refractivity contribution in [3.63, 3.8) is 0 Å². The van der Waals surface area contributed by atoms with Crippen LogP contribution in [0.15, 0.2) is 30.5 Å². The molecule has 1 fully saturated rings. The Morgan fingerprint density at radius 1 is 1.22 bits per heavy atom. The molecule has 0 unspecified atom stereocenters. The smallest absolute Gasteiger partial charge is 0.423 e. The lowest BCUT2D eigenvalue weighted by molar-refractivity contribution is -0.139. The van der Waals surface area contributed by atoms with Gasteiger partial charge < -0.3 is 14.8 Å². The minimum absolute atomic E-state index is 0.0450. The zero-order chi connectivity index (χ0) is 19.3. The van der Waals surface area contributed by atoms with Crippen molar-refractivity contribution >= 4 is 11.6 Å². The third-order valence-electron chi connectivity index (χ3n) is 4.20. The molecule has 27 heavy (non-hydrogen) atoms. The minimum Gasteiger partial charge on any atom is -0.494 e. The van der Waals surface area contributed by atoms with Crippen LogP contribution in [0.4, 0.5) is 24.8 Å². The number of ether oxygens (including phenoxy) is 2. The van der Waals surface area contributed by atoms with Gasteiger partial charge in [0.15, 0.2) is 0 Å². The van der Waals surface area contributed by atoms with E-state index in [-0.39, 0.29) is 12.1 Å². The molecule has 0 atom stereocenters. The molecule has 1 aliphatic rings. The highest BCUT2D eigenvalue weighted by Crippen LogP contribution is 2.37. The summed E-state index contributed by atoms with van der Waals surface area (Å²) in [6.07, 6.45) is 0.208. The summed E-state index contributed by atoms with van der Waals surface area (Å²) in [5.41, 5.74) is -0.338. The summed E-state index contributed by atoms with van der Waals surface area (Å²) >= 11 is 0. The summed E-state index contributed by atoms with van der Waals surface area (Å²) in [6.45, 7) is 2.59. The molecule has 146 valence electrons. The fourth-order valence-electron chi connectivity index (χ4n) is 2.89. The number of hydrogen-bond acceptors (Lipinski definition) is 5. The molecule has 3 rings (SSSR count). The lowest BCUT2D eigenvalue weighted by atomic mass is 10.3. The third kappa shape index (κ3) is 5.24. The van der Waals surface area contributed by atoms with E-state index < -0.39 is 17.6 Å². The monoisotopic (exact) mass is 381 g/mol. The van der Waals surface area contributed by atoms with Crippen LogP contribution in [0.3, 0.4) is 0 Å². The Balaban J connectivity index is 1.81. The van der Waals surface area contributed by atoms with Gasteiger partial charge in [0.2, 0.25) is 11.8 Å². The molecule has 2 aromatic rings.